The second-order valence-electron chi connectivity index (χ2n) is 8.58. The molecule has 1 aromatic rings. The summed E-state index contributed by atoms with van der Waals surface area (Å²) in [6, 6.07) is 1.18. The fraction of sp³-hybridized carbons (Fsp3) is 0.706. The van der Waals surface area contributed by atoms with Crippen molar-refractivity contribution in [2.45, 2.75) is 63.8 Å². The molecular formula is C17H25BrF3NO2Si. The quantitative estimate of drug-likeness (QED) is 0.637. The number of halogens is 4. The third-order valence-electron chi connectivity index (χ3n) is 5.53. The number of hydrogen-bond acceptors (Lipinski definition) is 3. The van der Waals surface area contributed by atoms with Crippen molar-refractivity contribution in [2.24, 2.45) is 5.41 Å². The lowest BCUT2D eigenvalue weighted by atomic mass is 9.58. The highest BCUT2D eigenvalue weighted by Gasteiger charge is 2.61. The number of pyridine rings is 1. The van der Waals surface area contributed by atoms with Crippen LogP contribution in [-0.2, 0) is 10.0 Å². The van der Waals surface area contributed by atoms with Crippen LogP contribution in [0.4, 0.5) is 13.2 Å². The molecule has 0 atom stereocenters. The van der Waals surface area contributed by atoms with Gasteiger partial charge < -0.3 is 9.53 Å². The predicted molar refractivity (Wildman–Crippen MR) is 96.6 cm³/mol. The lowest BCUT2D eigenvalue weighted by Gasteiger charge is -2.53. The van der Waals surface area contributed by atoms with Gasteiger partial charge in [-0.3, -0.25) is 4.98 Å². The van der Waals surface area contributed by atoms with E-state index in [1.54, 1.807) is 0 Å². The molecule has 0 bridgehead atoms. The van der Waals surface area contributed by atoms with Crippen molar-refractivity contribution < 1.29 is 22.7 Å². The average Bonchev–Trinajstić information content (AvgIpc) is 2.40. The van der Waals surface area contributed by atoms with Crippen LogP contribution in [0.1, 0.15) is 39.3 Å². The van der Waals surface area contributed by atoms with Gasteiger partial charge in [0.1, 0.15) is 17.1 Å². The fourth-order valence-electron chi connectivity index (χ4n) is 2.90. The number of hydrogen-bond donors (Lipinski definition) is 1. The molecule has 8 heteroatoms. The summed E-state index contributed by atoms with van der Waals surface area (Å²) in [6.07, 6.45) is -1.84. The van der Waals surface area contributed by atoms with Gasteiger partial charge in [0.25, 0.3) is 0 Å². The topological polar surface area (TPSA) is 42.4 Å². The van der Waals surface area contributed by atoms with Crippen LogP contribution in [0.3, 0.4) is 0 Å². The van der Waals surface area contributed by atoms with Crippen molar-refractivity contribution in [1.82, 2.24) is 4.98 Å². The Morgan fingerprint density at radius 2 is 1.92 bits per heavy atom. The van der Waals surface area contributed by atoms with Gasteiger partial charge in [-0.1, -0.05) is 20.8 Å². The zero-order valence-corrected chi connectivity index (χ0v) is 17.8. The van der Waals surface area contributed by atoms with Crippen LogP contribution in [0.15, 0.2) is 16.7 Å². The lowest BCUT2D eigenvalue weighted by Crippen LogP contribution is -2.58. The molecule has 1 N–H and O–H groups in total. The molecule has 1 saturated carbocycles. The highest BCUT2D eigenvalue weighted by atomic mass is 79.9. The van der Waals surface area contributed by atoms with Gasteiger partial charge in [-0.25, -0.2) is 13.2 Å². The maximum absolute atomic E-state index is 14.1. The molecule has 2 rings (SSSR count). The highest BCUT2D eigenvalue weighted by molar-refractivity contribution is 9.10. The van der Waals surface area contributed by atoms with Crippen molar-refractivity contribution in [1.29, 1.82) is 0 Å². The summed E-state index contributed by atoms with van der Waals surface area (Å²) >= 11 is 3.09. The highest BCUT2D eigenvalue weighted by Crippen LogP contribution is 2.58. The van der Waals surface area contributed by atoms with Gasteiger partial charge in [-0.15, -0.1) is 0 Å². The normalized spacial score (nSPS) is 27.5. The van der Waals surface area contributed by atoms with Gasteiger partial charge in [0, 0.05) is 17.3 Å². The van der Waals surface area contributed by atoms with Crippen molar-refractivity contribution in [2.75, 3.05) is 6.61 Å². The molecule has 1 aliphatic carbocycles. The van der Waals surface area contributed by atoms with E-state index >= 15 is 0 Å². The summed E-state index contributed by atoms with van der Waals surface area (Å²) in [7, 11) is -2.20. The van der Waals surface area contributed by atoms with Gasteiger partial charge in [0.05, 0.1) is 5.41 Å². The number of aliphatic hydroxyl groups is 1. The van der Waals surface area contributed by atoms with E-state index in [4.69, 9.17) is 4.43 Å². The van der Waals surface area contributed by atoms with Crippen molar-refractivity contribution in [3.8, 4) is 0 Å². The van der Waals surface area contributed by atoms with E-state index in [0.717, 1.165) is 0 Å². The molecule has 3 nitrogen and oxygen atoms in total. The largest absolute Gasteiger partial charge is 0.416 e. The third kappa shape index (κ3) is 3.96. The minimum absolute atomic E-state index is 0.101. The smallest absolute Gasteiger partial charge is 0.246 e. The number of aromatic nitrogens is 1. The first-order chi connectivity index (χ1) is 11.2. The Kier molecular flexibility index (Phi) is 5.52. The van der Waals surface area contributed by atoms with Gasteiger partial charge in [-0.2, -0.15) is 0 Å². The Labute approximate surface area is 156 Å². The molecule has 0 saturated heterocycles. The number of rotatable bonds is 5. The molecular weight excluding hydrogens is 415 g/mol. The molecule has 0 amide bonds. The summed E-state index contributed by atoms with van der Waals surface area (Å²) in [6.45, 7) is 9.95. The first-order valence-corrected chi connectivity index (χ1v) is 11.9. The Balaban J connectivity index is 2.17. The van der Waals surface area contributed by atoms with Crippen LogP contribution in [0, 0.1) is 11.2 Å². The van der Waals surface area contributed by atoms with Crippen LogP contribution in [-0.4, -0.2) is 31.4 Å². The van der Waals surface area contributed by atoms with Crippen LogP contribution in [0.2, 0.25) is 18.1 Å². The van der Waals surface area contributed by atoms with E-state index in [2.05, 4.69) is 20.9 Å². The SMILES string of the molecule is CC(C)(C)[Si](C)(C)OCC1(C(F)F)CC(O)(c2ncc(Br)cc2F)C1. The van der Waals surface area contributed by atoms with E-state index in [1.807, 2.05) is 33.9 Å². The molecule has 1 heterocycles. The monoisotopic (exact) mass is 439 g/mol. The van der Waals surface area contributed by atoms with Gasteiger partial charge in [0.15, 0.2) is 8.32 Å². The molecule has 0 aromatic carbocycles. The molecule has 0 unspecified atom stereocenters. The average molecular weight is 440 g/mol. The van der Waals surface area contributed by atoms with E-state index in [9.17, 15) is 18.3 Å². The Hall–Kier alpha value is -0.443. The molecule has 25 heavy (non-hydrogen) atoms. The standard InChI is InChI=1S/C17H25BrF3NO2Si/c1-15(2,3)25(4,5)24-10-16(14(20)21)8-17(23,9-16)13-12(19)6-11(18)7-22-13/h6-7,14,23H,8-10H2,1-5H3. The minimum atomic E-state index is -2.66. The summed E-state index contributed by atoms with van der Waals surface area (Å²) in [5.41, 5.74) is -3.33. The molecule has 1 aromatic heterocycles. The first kappa shape index (κ1) is 20.9. The van der Waals surface area contributed by atoms with Crippen molar-refractivity contribution in [3.63, 3.8) is 0 Å². The minimum Gasteiger partial charge on any atom is -0.416 e. The molecule has 1 aliphatic rings. The maximum Gasteiger partial charge on any atom is 0.246 e. The van der Waals surface area contributed by atoms with Crippen LogP contribution >= 0.6 is 15.9 Å². The third-order valence-corrected chi connectivity index (χ3v) is 10.4. The zero-order valence-electron chi connectivity index (χ0n) is 15.2. The second-order valence-corrected chi connectivity index (χ2v) is 14.3. The van der Waals surface area contributed by atoms with Crippen LogP contribution < -0.4 is 0 Å². The van der Waals surface area contributed by atoms with Crippen LogP contribution in [0.25, 0.3) is 0 Å². The van der Waals surface area contributed by atoms with E-state index < -0.39 is 31.6 Å². The first-order valence-electron chi connectivity index (χ1n) is 8.19. The number of alkyl halides is 2. The maximum atomic E-state index is 14.1. The number of nitrogens with zero attached hydrogens (tertiary/aromatic N) is 1. The lowest BCUT2D eigenvalue weighted by molar-refractivity contribution is -0.208. The predicted octanol–water partition coefficient (Wildman–Crippen LogP) is 5.24. The zero-order chi connectivity index (χ0) is 19.3. The van der Waals surface area contributed by atoms with E-state index in [1.165, 1.54) is 12.3 Å². The Bertz CT molecular complexity index is 643. The summed E-state index contributed by atoms with van der Waals surface area (Å²) < 4.78 is 47.9. The van der Waals surface area contributed by atoms with E-state index in [-0.39, 0.29) is 30.2 Å². The molecule has 142 valence electrons. The molecule has 0 aliphatic heterocycles. The second kappa shape index (κ2) is 6.62. The van der Waals surface area contributed by atoms with Crippen molar-refractivity contribution >= 4 is 24.2 Å². The molecule has 0 radical (unpaired) electrons. The van der Waals surface area contributed by atoms with Gasteiger partial charge in [-0.05, 0) is 53.0 Å². The van der Waals surface area contributed by atoms with E-state index in [0.29, 0.717) is 4.47 Å². The van der Waals surface area contributed by atoms with Gasteiger partial charge in [0.2, 0.25) is 6.43 Å². The van der Waals surface area contributed by atoms with Crippen molar-refractivity contribution in [3.05, 3.63) is 28.2 Å². The molecule has 1 fully saturated rings. The Morgan fingerprint density at radius 3 is 2.36 bits per heavy atom. The summed E-state index contributed by atoms with van der Waals surface area (Å²) in [5.74, 6) is -0.704. The summed E-state index contributed by atoms with van der Waals surface area (Å²) in [4.78, 5) is 3.90. The molecule has 0 spiro atoms. The van der Waals surface area contributed by atoms with Gasteiger partial charge >= 0.3 is 0 Å². The fourth-order valence-corrected chi connectivity index (χ4v) is 4.28. The van der Waals surface area contributed by atoms with Crippen LogP contribution in [0.5, 0.6) is 0 Å². The Morgan fingerprint density at radius 1 is 1.36 bits per heavy atom. The summed E-state index contributed by atoms with van der Waals surface area (Å²) in [5, 5.41) is 10.5.